The summed E-state index contributed by atoms with van der Waals surface area (Å²) in [7, 11) is 1.67. The van der Waals surface area contributed by atoms with Gasteiger partial charge in [0.05, 0.1) is 7.11 Å². The van der Waals surface area contributed by atoms with Crippen LogP contribution in [0.1, 0.15) is 20.3 Å². The minimum Gasteiger partial charge on any atom is -0.497 e. The van der Waals surface area contributed by atoms with Gasteiger partial charge in [-0.15, -0.1) is 6.58 Å². The average molecular weight is 219 g/mol. The lowest BCUT2D eigenvalue weighted by molar-refractivity contribution is 0.415. The number of nitrogens with one attached hydrogen (secondary N) is 1. The summed E-state index contributed by atoms with van der Waals surface area (Å²) >= 11 is 0. The Morgan fingerprint density at radius 3 is 2.38 bits per heavy atom. The highest BCUT2D eigenvalue weighted by Crippen LogP contribution is 2.17. The quantitative estimate of drug-likeness (QED) is 0.736. The highest BCUT2D eigenvalue weighted by Gasteiger charge is 2.06. The van der Waals surface area contributed by atoms with Crippen molar-refractivity contribution in [2.24, 2.45) is 5.92 Å². The van der Waals surface area contributed by atoms with Gasteiger partial charge >= 0.3 is 0 Å². The zero-order valence-corrected chi connectivity index (χ0v) is 10.4. The molecular formula is C14H21NO. The predicted molar refractivity (Wildman–Crippen MR) is 70.1 cm³/mol. The number of rotatable bonds is 6. The van der Waals surface area contributed by atoms with Crippen molar-refractivity contribution < 1.29 is 4.74 Å². The highest BCUT2D eigenvalue weighted by atomic mass is 16.5. The number of hydrogen-bond donors (Lipinski definition) is 1. The van der Waals surface area contributed by atoms with Crippen LogP contribution in [0.3, 0.4) is 0 Å². The van der Waals surface area contributed by atoms with Crippen molar-refractivity contribution in [1.29, 1.82) is 0 Å². The van der Waals surface area contributed by atoms with Gasteiger partial charge in [0, 0.05) is 11.7 Å². The molecule has 0 heterocycles. The van der Waals surface area contributed by atoms with E-state index in [0.717, 1.165) is 17.9 Å². The molecule has 1 aromatic carbocycles. The molecule has 0 amide bonds. The van der Waals surface area contributed by atoms with Crippen LogP contribution < -0.4 is 10.1 Å². The van der Waals surface area contributed by atoms with E-state index in [-0.39, 0.29) is 0 Å². The summed E-state index contributed by atoms with van der Waals surface area (Å²) in [6, 6.07) is 8.29. The van der Waals surface area contributed by atoms with Crippen molar-refractivity contribution in [2.45, 2.75) is 26.3 Å². The molecule has 2 heteroatoms. The molecule has 0 unspecified atom stereocenters. The van der Waals surface area contributed by atoms with Gasteiger partial charge in [-0.2, -0.15) is 0 Å². The van der Waals surface area contributed by atoms with Gasteiger partial charge < -0.3 is 10.1 Å². The first kappa shape index (κ1) is 12.6. The van der Waals surface area contributed by atoms with Crippen LogP contribution in [0.4, 0.5) is 5.69 Å². The topological polar surface area (TPSA) is 21.3 Å². The second kappa shape index (κ2) is 6.21. The first-order chi connectivity index (χ1) is 7.65. The molecule has 16 heavy (non-hydrogen) atoms. The van der Waals surface area contributed by atoms with Crippen LogP contribution in [-0.4, -0.2) is 13.2 Å². The average Bonchev–Trinajstić information content (AvgIpc) is 2.28. The van der Waals surface area contributed by atoms with Crippen LogP contribution in [0, 0.1) is 5.92 Å². The van der Waals surface area contributed by atoms with E-state index in [1.165, 1.54) is 0 Å². The maximum atomic E-state index is 5.12. The Hall–Kier alpha value is -1.44. The number of hydrogen-bond acceptors (Lipinski definition) is 2. The molecule has 1 rings (SSSR count). The fourth-order valence-corrected chi connectivity index (χ4v) is 1.62. The molecule has 0 radical (unpaired) electrons. The molecular weight excluding hydrogens is 198 g/mol. The van der Waals surface area contributed by atoms with E-state index in [4.69, 9.17) is 4.74 Å². The Balaban J connectivity index is 2.59. The Labute approximate surface area is 98.3 Å². The van der Waals surface area contributed by atoms with Gasteiger partial charge in [-0.1, -0.05) is 19.9 Å². The molecule has 1 atom stereocenters. The van der Waals surface area contributed by atoms with E-state index in [1.54, 1.807) is 7.11 Å². The van der Waals surface area contributed by atoms with Crippen LogP contribution in [-0.2, 0) is 0 Å². The van der Waals surface area contributed by atoms with Crippen LogP contribution in [0.2, 0.25) is 0 Å². The molecule has 0 spiro atoms. The molecule has 88 valence electrons. The molecule has 1 aromatic rings. The summed E-state index contributed by atoms with van der Waals surface area (Å²) < 4.78 is 5.12. The van der Waals surface area contributed by atoms with Crippen LogP contribution in [0.15, 0.2) is 36.9 Å². The van der Waals surface area contributed by atoms with Crippen molar-refractivity contribution in [1.82, 2.24) is 0 Å². The van der Waals surface area contributed by atoms with Crippen molar-refractivity contribution >= 4 is 5.69 Å². The molecule has 0 aliphatic carbocycles. The molecule has 0 fully saturated rings. The monoisotopic (exact) mass is 219 g/mol. The minimum atomic E-state index is 0.327. The van der Waals surface area contributed by atoms with E-state index >= 15 is 0 Å². The van der Waals surface area contributed by atoms with Gasteiger partial charge in [0.1, 0.15) is 5.75 Å². The maximum Gasteiger partial charge on any atom is 0.119 e. The first-order valence-corrected chi connectivity index (χ1v) is 5.69. The number of methoxy groups -OCH3 is 1. The van der Waals surface area contributed by atoms with Gasteiger partial charge in [0.25, 0.3) is 0 Å². The normalized spacial score (nSPS) is 12.2. The molecule has 0 aliphatic heterocycles. The van der Waals surface area contributed by atoms with Crippen molar-refractivity contribution in [2.75, 3.05) is 12.4 Å². The molecule has 0 saturated heterocycles. The summed E-state index contributed by atoms with van der Waals surface area (Å²) in [5.41, 5.74) is 1.10. The van der Waals surface area contributed by atoms with Crippen molar-refractivity contribution in [3.05, 3.63) is 36.9 Å². The summed E-state index contributed by atoms with van der Waals surface area (Å²) in [5, 5.41) is 3.44. The Bertz CT molecular complexity index is 316. The van der Waals surface area contributed by atoms with Gasteiger partial charge in [0.15, 0.2) is 0 Å². The predicted octanol–water partition coefficient (Wildman–Crippen LogP) is 3.71. The van der Waals surface area contributed by atoms with Gasteiger partial charge in [-0.25, -0.2) is 0 Å². The zero-order valence-electron chi connectivity index (χ0n) is 10.4. The zero-order chi connectivity index (χ0) is 12.0. The van der Waals surface area contributed by atoms with Crippen LogP contribution >= 0.6 is 0 Å². The van der Waals surface area contributed by atoms with Crippen molar-refractivity contribution in [3.8, 4) is 5.75 Å². The molecule has 2 nitrogen and oxygen atoms in total. The lowest BCUT2D eigenvalue weighted by Gasteiger charge is -2.18. The molecule has 0 bridgehead atoms. The summed E-state index contributed by atoms with van der Waals surface area (Å²) in [6.45, 7) is 8.29. The van der Waals surface area contributed by atoms with Crippen molar-refractivity contribution in [3.63, 3.8) is 0 Å². The molecule has 0 saturated carbocycles. The Morgan fingerprint density at radius 1 is 1.31 bits per heavy atom. The van der Waals surface area contributed by atoms with E-state index < -0.39 is 0 Å². The van der Waals surface area contributed by atoms with E-state index in [1.807, 2.05) is 30.3 Å². The van der Waals surface area contributed by atoms with E-state index in [0.29, 0.717) is 12.0 Å². The Kier molecular flexibility index (Phi) is 4.90. The fourth-order valence-electron chi connectivity index (χ4n) is 1.62. The lowest BCUT2D eigenvalue weighted by atomic mass is 10.0. The fraction of sp³-hybridized carbons (Fsp3) is 0.429. The van der Waals surface area contributed by atoms with Gasteiger partial charge in [0.2, 0.25) is 0 Å². The molecule has 1 N–H and O–H groups in total. The standard InChI is InChI=1S/C14H21NO/c1-5-12(10-11(2)3)15-13-6-8-14(16-4)9-7-13/h5-9,11-12,15H,1,10H2,2-4H3/t12-/m1/s1. The summed E-state index contributed by atoms with van der Waals surface area (Å²) in [5.74, 6) is 1.54. The largest absolute Gasteiger partial charge is 0.497 e. The van der Waals surface area contributed by atoms with Gasteiger partial charge in [-0.3, -0.25) is 0 Å². The highest BCUT2D eigenvalue weighted by molar-refractivity contribution is 5.47. The maximum absolute atomic E-state index is 5.12. The van der Waals surface area contributed by atoms with Crippen LogP contribution in [0.25, 0.3) is 0 Å². The first-order valence-electron chi connectivity index (χ1n) is 5.69. The van der Waals surface area contributed by atoms with E-state index in [2.05, 4.69) is 25.7 Å². The molecule has 0 aromatic heterocycles. The third kappa shape index (κ3) is 3.97. The summed E-state index contributed by atoms with van der Waals surface area (Å²) in [6.07, 6.45) is 3.06. The summed E-state index contributed by atoms with van der Waals surface area (Å²) in [4.78, 5) is 0. The smallest absolute Gasteiger partial charge is 0.119 e. The third-order valence-corrected chi connectivity index (χ3v) is 2.45. The molecule has 0 aliphatic rings. The Morgan fingerprint density at radius 2 is 1.94 bits per heavy atom. The second-order valence-electron chi connectivity index (χ2n) is 4.34. The number of anilines is 1. The van der Waals surface area contributed by atoms with Crippen LogP contribution in [0.5, 0.6) is 5.75 Å². The lowest BCUT2D eigenvalue weighted by Crippen LogP contribution is -2.18. The van der Waals surface area contributed by atoms with Gasteiger partial charge in [-0.05, 0) is 36.6 Å². The van der Waals surface area contributed by atoms with E-state index in [9.17, 15) is 0 Å². The number of benzene rings is 1. The minimum absolute atomic E-state index is 0.327. The SMILES string of the molecule is C=C[C@H](CC(C)C)Nc1ccc(OC)cc1. The third-order valence-electron chi connectivity index (χ3n) is 2.45. The second-order valence-corrected chi connectivity index (χ2v) is 4.34. The number of ether oxygens (including phenoxy) is 1.